The van der Waals surface area contributed by atoms with E-state index in [0.717, 1.165) is 22.9 Å². The van der Waals surface area contributed by atoms with Crippen LogP contribution in [0.1, 0.15) is 12.5 Å². The Morgan fingerprint density at radius 1 is 1.40 bits per heavy atom. The Balaban J connectivity index is 2.27. The molecule has 0 radical (unpaired) electrons. The molecule has 0 bridgehead atoms. The fourth-order valence-corrected chi connectivity index (χ4v) is 3.10. The minimum absolute atomic E-state index is 0.104. The first-order valence-electron chi connectivity index (χ1n) is 5.15. The van der Waals surface area contributed by atoms with Crippen LogP contribution >= 0.6 is 0 Å². The van der Waals surface area contributed by atoms with Gasteiger partial charge in [0, 0.05) is 0 Å². The van der Waals surface area contributed by atoms with Crippen LogP contribution in [-0.2, 0) is 6.42 Å². The van der Waals surface area contributed by atoms with Crippen molar-refractivity contribution in [3.05, 3.63) is 35.8 Å². The molecule has 1 N–H and O–H groups in total. The Morgan fingerprint density at radius 3 is 3.07 bits per heavy atom. The molecule has 80 valence electrons. The first kappa shape index (κ1) is 10.7. The van der Waals surface area contributed by atoms with Gasteiger partial charge in [-0.15, -0.1) is 0 Å². The monoisotopic (exact) mass is 271 g/mol. The first-order chi connectivity index (χ1) is 7.33. The van der Waals surface area contributed by atoms with Crippen LogP contribution in [0.5, 0.6) is 0 Å². The van der Waals surface area contributed by atoms with Crippen LogP contribution < -0.4 is 0 Å². The number of aromatic amines is 1. The Morgan fingerprint density at radius 2 is 2.27 bits per heavy atom. The van der Waals surface area contributed by atoms with Gasteiger partial charge in [0.1, 0.15) is 0 Å². The number of hydrogen-bond acceptors (Lipinski definition) is 0. The molecule has 0 spiro atoms. The van der Waals surface area contributed by atoms with Crippen molar-refractivity contribution in [2.75, 3.05) is 0 Å². The van der Waals surface area contributed by atoms with Crippen molar-refractivity contribution in [1.29, 1.82) is 0 Å². The summed E-state index contributed by atoms with van der Waals surface area (Å²) in [5.41, 5.74) is 2.03. The normalized spacial score (nSPS) is 11.1. The van der Waals surface area contributed by atoms with Crippen LogP contribution in [0.4, 0.5) is 4.39 Å². The summed E-state index contributed by atoms with van der Waals surface area (Å²) in [5.74, 6) is -0.104. The molecule has 1 heterocycles. The summed E-state index contributed by atoms with van der Waals surface area (Å²) in [6.07, 6.45) is 2.94. The van der Waals surface area contributed by atoms with E-state index in [0.29, 0.717) is 15.0 Å². The third-order valence-corrected chi connectivity index (χ3v) is 4.35. The van der Waals surface area contributed by atoms with E-state index in [1.807, 2.05) is 12.3 Å². The molecule has 1 nitrogen and oxygen atoms in total. The van der Waals surface area contributed by atoms with E-state index < -0.39 is 0 Å². The number of halogens is 1. The number of hydrogen-bond donors (Lipinski definition) is 1. The molecule has 0 unspecified atom stereocenters. The Bertz CT molecular complexity index is 450. The number of benzene rings is 1. The molecule has 15 heavy (non-hydrogen) atoms. The molecular weight excluding hydrogens is 256 g/mol. The predicted octanol–water partition coefficient (Wildman–Crippen LogP) is 3.41. The number of nitrogens with one attached hydrogen (secondary N) is 1. The zero-order valence-electron chi connectivity index (χ0n) is 8.72. The number of aromatic nitrogens is 1. The van der Waals surface area contributed by atoms with Crippen LogP contribution in [-0.4, -0.2) is 19.9 Å². The molecule has 0 aliphatic heterocycles. The summed E-state index contributed by atoms with van der Waals surface area (Å²) in [6, 6.07) is 5.20. The van der Waals surface area contributed by atoms with Crippen LogP contribution in [0, 0.1) is 5.82 Å². The quantitative estimate of drug-likeness (QED) is 0.647. The SMILES string of the molecule is CC[Se]CCc1c[nH]c2cccc(F)c12. The van der Waals surface area contributed by atoms with Crippen molar-refractivity contribution in [3.63, 3.8) is 0 Å². The van der Waals surface area contributed by atoms with Gasteiger partial charge in [0.15, 0.2) is 0 Å². The van der Waals surface area contributed by atoms with Crippen molar-refractivity contribution in [2.24, 2.45) is 0 Å². The molecule has 0 atom stereocenters. The van der Waals surface area contributed by atoms with Crippen LogP contribution in [0.25, 0.3) is 10.9 Å². The van der Waals surface area contributed by atoms with Gasteiger partial charge < -0.3 is 0 Å². The van der Waals surface area contributed by atoms with E-state index in [9.17, 15) is 4.39 Å². The summed E-state index contributed by atoms with van der Waals surface area (Å²) in [5, 5.41) is 3.24. The minimum atomic E-state index is -0.104. The van der Waals surface area contributed by atoms with E-state index in [1.54, 1.807) is 6.07 Å². The van der Waals surface area contributed by atoms with E-state index >= 15 is 0 Å². The van der Waals surface area contributed by atoms with Gasteiger partial charge in [-0.2, -0.15) is 0 Å². The second-order valence-corrected chi connectivity index (χ2v) is 6.35. The van der Waals surface area contributed by atoms with Crippen molar-refractivity contribution in [3.8, 4) is 0 Å². The number of aryl methyl sites for hydroxylation is 1. The zero-order chi connectivity index (χ0) is 10.7. The summed E-state index contributed by atoms with van der Waals surface area (Å²) >= 11 is 0.703. The molecule has 2 rings (SSSR count). The molecule has 3 heteroatoms. The third kappa shape index (κ3) is 2.24. The number of H-pyrrole nitrogens is 1. The van der Waals surface area contributed by atoms with Gasteiger partial charge in [-0.3, -0.25) is 0 Å². The maximum atomic E-state index is 13.6. The van der Waals surface area contributed by atoms with Gasteiger partial charge in [-0.05, 0) is 0 Å². The van der Waals surface area contributed by atoms with Gasteiger partial charge in [0.05, 0.1) is 0 Å². The predicted molar refractivity (Wildman–Crippen MR) is 63.0 cm³/mol. The van der Waals surface area contributed by atoms with E-state index in [4.69, 9.17) is 0 Å². The topological polar surface area (TPSA) is 15.8 Å². The van der Waals surface area contributed by atoms with Crippen molar-refractivity contribution >= 4 is 25.9 Å². The molecule has 0 fully saturated rings. The molecule has 0 saturated heterocycles. The van der Waals surface area contributed by atoms with Gasteiger partial charge in [0.2, 0.25) is 0 Å². The van der Waals surface area contributed by atoms with Crippen LogP contribution in [0.15, 0.2) is 24.4 Å². The van der Waals surface area contributed by atoms with Crippen molar-refractivity contribution in [1.82, 2.24) is 4.98 Å². The second kappa shape index (κ2) is 4.82. The van der Waals surface area contributed by atoms with Crippen LogP contribution in [0.2, 0.25) is 10.6 Å². The van der Waals surface area contributed by atoms with Gasteiger partial charge in [0.25, 0.3) is 0 Å². The zero-order valence-corrected chi connectivity index (χ0v) is 10.4. The summed E-state index contributed by atoms with van der Waals surface area (Å²) in [6.45, 7) is 2.20. The Hall–Kier alpha value is -0.791. The standard InChI is InChI=1S/C12H14FNSe/c1-2-15-7-6-9-8-14-11-5-3-4-10(13)12(9)11/h3-5,8,14H,2,6-7H2,1H3. The second-order valence-electron chi connectivity index (χ2n) is 3.42. The van der Waals surface area contributed by atoms with E-state index in [-0.39, 0.29) is 5.82 Å². The van der Waals surface area contributed by atoms with E-state index in [2.05, 4.69) is 11.9 Å². The average molecular weight is 270 g/mol. The number of rotatable bonds is 4. The Kier molecular flexibility index (Phi) is 3.45. The summed E-state index contributed by atoms with van der Waals surface area (Å²) in [7, 11) is 0. The summed E-state index contributed by atoms with van der Waals surface area (Å²) < 4.78 is 13.6. The molecular formula is C12H14FNSe. The third-order valence-electron chi connectivity index (χ3n) is 2.46. The molecule has 0 saturated carbocycles. The molecule has 0 aliphatic carbocycles. The van der Waals surface area contributed by atoms with E-state index in [1.165, 1.54) is 16.7 Å². The fraction of sp³-hybridized carbons (Fsp3) is 0.333. The van der Waals surface area contributed by atoms with Crippen molar-refractivity contribution < 1.29 is 4.39 Å². The molecule has 0 amide bonds. The molecule has 1 aromatic carbocycles. The molecule has 0 aliphatic rings. The van der Waals surface area contributed by atoms with Gasteiger partial charge in [-0.1, -0.05) is 0 Å². The van der Waals surface area contributed by atoms with Gasteiger partial charge >= 0.3 is 95.0 Å². The fourth-order valence-electron chi connectivity index (χ4n) is 1.73. The average Bonchev–Trinajstić information content (AvgIpc) is 2.63. The maximum absolute atomic E-state index is 13.6. The summed E-state index contributed by atoms with van der Waals surface area (Å²) in [4.78, 5) is 3.12. The van der Waals surface area contributed by atoms with Crippen molar-refractivity contribution in [2.45, 2.75) is 24.0 Å². The van der Waals surface area contributed by atoms with Gasteiger partial charge in [-0.25, -0.2) is 0 Å². The molecule has 2 aromatic rings. The number of fused-ring (bicyclic) bond motifs is 1. The van der Waals surface area contributed by atoms with Crippen LogP contribution in [0.3, 0.4) is 0 Å². The molecule has 1 aromatic heterocycles. The first-order valence-corrected chi connectivity index (χ1v) is 7.57. The Labute approximate surface area is 95.2 Å².